The number of hydrogen-bond acceptors (Lipinski definition) is 4. The van der Waals surface area contributed by atoms with Gasteiger partial charge in [-0.2, -0.15) is 5.10 Å². The molecule has 0 spiro atoms. The lowest BCUT2D eigenvalue weighted by Gasteiger charge is -2.07. The van der Waals surface area contributed by atoms with Crippen molar-refractivity contribution in [1.29, 1.82) is 0 Å². The van der Waals surface area contributed by atoms with Gasteiger partial charge < -0.3 is 5.11 Å². The summed E-state index contributed by atoms with van der Waals surface area (Å²) in [5, 5.41) is 13.4. The van der Waals surface area contributed by atoms with Crippen LogP contribution in [0.1, 0.15) is 33.1 Å². The maximum Gasteiger partial charge on any atom is 0.339 e. The molecule has 2 rings (SSSR count). The fraction of sp³-hybridized carbons (Fsp3) is 0.333. The summed E-state index contributed by atoms with van der Waals surface area (Å²) in [6, 6.07) is 0. The van der Waals surface area contributed by atoms with Crippen molar-refractivity contribution in [3.05, 3.63) is 34.5 Å². The van der Waals surface area contributed by atoms with E-state index in [2.05, 4.69) is 15.1 Å². The summed E-state index contributed by atoms with van der Waals surface area (Å²) in [5.74, 6) is -0.405. The zero-order valence-corrected chi connectivity index (χ0v) is 10.7. The van der Waals surface area contributed by atoms with Gasteiger partial charge in [-0.05, 0) is 27.7 Å². The van der Waals surface area contributed by atoms with E-state index in [0.717, 1.165) is 5.69 Å². The number of aromatic carboxylic acids is 1. The van der Waals surface area contributed by atoms with E-state index in [9.17, 15) is 4.79 Å². The normalized spacial score (nSPS) is 10.7. The molecule has 2 aromatic heterocycles. The molecule has 0 atom stereocenters. The van der Waals surface area contributed by atoms with Crippen LogP contribution >= 0.6 is 0 Å². The molecular formula is C12H14N4O2. The van der Waals surface area contributed by atoms with Crippen LogP contribution in [0.15, 0.2) is 6.20 Å². The predicted molar refractivity (Wildman–Crippen MR) is 65.1 cm³/mol. The van der Waals surface area contributed by atoms with Crippen LogP contribution in [0, 0.1) is 27.7 Å². The molecule has 0 aliphatic carbocycles. The first-order valence-corrected chi connectivity index (χ1v) is 5.52. The van der Waals surface area contributed by atoms with Gasteiger partial charge in [0.2, 0.25) is 0 Å². The van der Waals surface area contributed by atoms with Crippen molar-refractivity contribution in [2.75, 3.05) is 0 Å². The summed E-state index contributed by atoms with van der Waals surface area (Å²) >= 11 is 0. The second kappa shape index (κ2) is 4.21. The Morgan fingerprint density at radius 1 is 1.22 bits per heavy atom. The Hall–Kier alpha value is -2.24. The molecule has 0 aliphatic heterocycles. The van der Waals surface area contributed by atoms with Gasteiger partial charge in [0.05, 0.1) is 22.8 Å². The molecule has 6 nitrogen and oxygen atoms in total. The number of hydrogen-bond donors (Lipinski definition) is 1. The smallest absolute Gasteiger partial charge is 0.339 e. The SMILES string of the molecule is Cc1cnc(C)c(-n2nc(C)c(C(=O)O)c2C)n1. The highest BCUT2D eigenvalue weighted by molar-refractivity contribution is 5.90. The van der Waals surface area contributed by atoms with Crippen molar-refractivity contribution in [1.82, 2.24) is 19.7 Å². The highest BCUT2D eigenvalue weighted by atomic mass is 16.4. The van der Waals surface area contributed by atoms with Crippen LogP contribution in [0.3, 0.4) is 0 Å². The number of aryl methyl sites for hydroxylation is 3. The van der Waals surface area contributed by atoms with E-state index in [1.165, 1.54) is 4.68 Å². The molecule has 0 aliphatic rings. The minimum atomic E-state index is -0.977. The third-order valence-electron chi connectivity index (χ3n) is 2.76. The Balaban J connectivity index is 2.69. The van der Waals surface area contributed by atoms with Crippen LogP contribution in [0.25, 0.3) is 5.82 Å². The van der Waals surface area contributed by atoms with Crippen LogP contribution < -0.4 is 0 Å². The minimum absolute atomic E-state index is 0.220. The average molecular weight is 246 g/mol. The van der Waals surface area contributed by atoms with Gasteiger partial charge in [-0.3, -0.25) is 4.98 Å². The Bertz CT molecular complexity index is 631. The maximum atomic E-state index is 11.1. The van der Waals surface area contributed by atoms with Gasteiger partial charge in [0.25, 0.3) is 0 Å². The first-order valence-electron chi connectivity index (χ1n) is 5.52. The molecule has 0 radical (unpaired) electrons. The van der Waals surface area contributed by atoms with Crippen LogP contribution in [-0.4, -0.2) is 30.8 Å². The van der Waals surface area contributed by atoms with E-state index >= 15 is 0 Å². The summed E-state index contributed by atoms with van der Waals surface area (Å²) < 4.78 is 1.54. The molecule has 1 N–H and O–H groups in total. The van der Waals surface area contributed by atoms with Gasteiger partial charge >= 0.3 is 5.97 Å². The van der Waals surface area contributed by atoms with Crippen molar-refractivity contribution < 1.29 is 9.90 Å². The number of aromatic nitrogens is 4. The quantitative estimate of drug-likeness (QED) is 0.870. The first kappa shape index (κ1) is 12.2. The van der Waals surface area contributed by atoms with E-state index in [1.807, 2.05) is 13.8 Å². The summed E-state index contributed by atoms with van der Waals surface area (Å²) in [5.41, 5.74) is 2.73. The molecule has 0 fully saturated rings. The maximum absolute atomic E-state index is 11.1. The standard InChI is InChI=1S/C12H14N4O2/c1-6-5-13-8(3)11(14-6)16-9(4)10(12(17)18)7(2)15-16/h5H,1-4H3,(H,17,18). The van der Waals surface area contributed by atoms with E-state index in [-0.39, 0.29) is 5.56 Å². The second-order valence-electron chi connectivity index (χ2n) is 4.18. The van der Waals surface area contributed by atoms with Gasteiger partial charge in [-0.1, -0.05) is 0 Å². The number of carboxylic acids is 1. The molecule has 0 bridgehead atoms. The summed E-state index contributed by atoms with van der Waals surface area (Å²) in [6.07, 6.45) is 1.67. The molecule has 0 unspecified atom stereocenters. The lowest BCUT2D eigenvalue weighted by atomic mass is 10.2. The molecule has 2 heterocycles. The third kappa shape index (κ3) is 1.85. The van der Waals surface area contributed by atoms with E-state index in [0.29, 0.717) is 22.9 Å². The van der Waals surface area contributed by atoms with Crippen molar-refractivity contribution in [3.63, 3.8) is 0 Å². The Kier molecular flexibility index (Phi) is 2.86. The molecule has 94 valence electrons. The average Bonchev–Trinajstić information content (AvgIpc) is 2.57. The molecule has 0 saturated heterocycles. The Labute approximate surface area is 104 Å². The molecule has 6 heteroatoms. The lowest BCUT2D eigenvalue weighted by molar-refractivity contribution is 0.0695. The number of carbonyl (C=O) groups is 1. The summed E-state index contributed by atoms with van der Waals surface area (Å²) in [7, 11) is 0. The fourth-order valence-corrected chi connectivity index (χ4v) is 1.88. The molecule has 0 saturated carbocycles. The van der Waals surface area contributed by atoms with Crippen molar-refractivity contribution in [2.24, 2.45) is 0 Å². The van der Waals surface area contributed by atoms with E-state index in [1.54, 1.807) is 20.0 Å². The predicted octanol–water partition coefficient (Wildman–Crippen LogP) is 1.59. The number of carboxylic acid groups (broad SMARTS) is 1. The van der Waals surface area contributed by atoms with Crippen LogP contribution in [-0.2, 0) is 0 Å². The van der Waals surface area contributed by atoms with Crippen LogP contribution in [0.4, 0.5) is 0 Å². The highest BCUT2D eigenvalue weighted by Crippen LogP contribution is 2.18. The first-order chi connectivity index (χ1) is 8.41. The van der Waals surface area contributed by atoms with Gasteiger partial charge in [-0.25, -0.2) is 14.5 Å². The molecule has 18 heavy (non-hydrogen) atoms. The van der Waals surface area contributed by atoms with Crippen LogP contribution in [0.5, 0.6) is 0 Å². The van der Waals surface area contributed by atoms with Crippen molar-refractivity contribution in [2.45, 2.75) is 27.7 Å². The molecule has 0 aromatic carbocycles. The zero-order valence-electron chi connectivity index (χ0n) is 10.7. The highest BCUT2D eigenvalue weighted by Gasteiger charge is 2.20. The van der Waals surface area contributed by atoms with E-state index < -0.39 is 5.97 Å². The summed E-state index contributed by atoms with van der Waals surface area (Å²) in [6.45, 7) is 7.04. The topological polar surface area (TPSA) is 80.9 Å². The van der Waals surface area contributed by atoms with Gasteiger partial charge in [0.15, 0.2) is 5.82 Å². The fourth-order valence-electron chi connectivity index (χ4n) is 1.88. The monoisotopic (exact) mass is 246 g/mol. The van der Waals surface area contributed by atoms with Crippen LogP contribution in [0.2, 0.25) is 0 Å². The Morgan fingerprint density at radius 3 is 2.44 bits per heavy atom. The zero-order chi connectivity index (χ0) is 13.4. The Morgan fingerprint density at radius 2 is 1.89 bits per heavy atom. The number of nitrogens with zero attached hydrogens (tertiary/aromatic N) is 4. The van der Waals surface area contributed by atoms with Crippen molar-refractivity contribution in [3.8, 4) is 5.82 Å². The largest absolute Gasteiger partial charge is 0.478 e. The molecular weight excluding hydrogens is 232 g/mol. The molecule has 0 amide bonds. The molecule has 2 aromatic rings. The third-order valence-corrected chi connectivity index (χ3v) is 2.76. The number of rotatable bonds is 2. The van der Waals surface area contributed by atoms with Gasteiger partial charge in [0.1, 0.15) is 5.56 Å². The summed E-state index contributed by atoms with van der Waals surface area (Å²) in [4.78, 5) is 19.7. The van der Waals surface area contributed by atoms with E-state index in [4.69, 9.17) is 5.11 Å². The second-order valence-corrected chi connectivity index (χ2v) is 4.18. The minimum Gasteiger partial charge on any atom is -0.478 e. The lowest BCUT2D eigenvalue weighted by Crippen LogP contribution is -2.08. The van der Waals surface area contributed by atoms with Gasteiger partial charge in [0, 0.05) is 6.20 Å². The van der Waals surface area contributed by atoms with Gasteiger partial charge in [-0.15, -0.1) is 0 Å². The van der Waals surface area contributed by atoms with Crippen molar-refractivity contribution >= 4 is 5.97 Å².